The number of nitrogens with zero attached hydrogens (tertiary/aromatic N) is 3. The molecule has 5 nitrogen and oxygen atoms in total. The third kappa shape index (κ3) is 6.64. The fourth-order valence-electron chi connectivity index (χ4n) is 2.39. The van der Waals surface area contributed by atoms with Crippen LogP contribution in [0.1, 0.15) is 11.4 Å². The highest BCUT2D eigenvalue weighted by atomic mass is 35.5. The van der Waals surface area contributed by atoms with Crippen molar-refractivity contribution >= 4 is 58.3 Å². The van der Waals surface area contributed by atoms with E-state index in [1.165, 1.54) is 23.9 Å². The van der Waals surface area contributed by atoms with Crippen LogP contribution in [0.2, 0.25) is 10.0 Å². The number of benzene rings is 2. The summed E-state index contributed by atoms with van der Waals surface area (Å²) < 4.78 is 14.8. The van der Waals surface area contributed by atoms with E-state index in [9.17, 15) is 9.18 Å². The lowest BCUT2D eigenvalue weighted by Crippen LogP contribution is -2.14. The minimum atomic E-state index is -0.240. The van der Waals surface area contributed by atoms with Gasteiger partial charge in [0.1, 0.15) is 11.6 Å². The predicted molar refractivity (Wildman–Crippen MR) is 118 cm³/mol. The van der Waals surface area contributed by atoms with Gasteiger partial charge in [0.15, 0.2) is 5.16 Å². The van der Waals surface area contributed by atoms with Gasteiger partial charge in [-0.1, -0.05) is 47.1 Å². The van der Waals surface area contributed by atoms with E-state index in [0.29, 0.717) is 26.6 Å². The highest BCUT2D eigenvalue weighted by Gasteiger charge is 2.12. The lowest BCUT2D eigenvalue weighted by molar-refractivity contribution is -0.113. The monoisotopic (exact) mass is 470 g/mol. The van der Waals surface area contributed by atoms with E-state index in [4.69, 9.17) is 23.2 Å². The van der Waals surface area contributed by atoms with Gasteiger partial charge in [-0.25, -0.2) is 4.39 Å². The summed E-state index contributed by atoms with van der Waals surface area (Å²) in [5, 5.41) is 12.7. The molecule has 1 N–H and O–H groups in total. The predicted octanol–water partition coefficient (Wildman–Crippen LogP) is 5.43. The van der Waals surface area contributed by atoms with Crippen molar-refractivity contribution in [3.63, 3.8) is 0 Å². The highest BCUT2D eigenvalue weighted by Crippen LogP contribution is 2.24. The second-order valence-corrected chi connectivity index (χ2v) is 8.87. The fraction of sp³-hybridized carbons (Fsp3) is 0.211. The van der Waals surface area contributed by atoms with E-state index >= 15 is 0 Å². The number of nitrogens with one attached hydrogen (secondary N) is 1. The maximum Gasteiger partial charge on any atom is 0.234 e. The van der Waals surface area contributed by atoms with Crippen molar-refractivity contribution in [2.24, 2.45) is 7.05 Å². The largest absolute Gasteiger partial charge is 0.325 e. The molecule has 0 saturated carbocycles. The lowest BCUT2D eigenvalue weighted by Gasteiger charge is -2.07. The van der Waals surface area contributed by atoms with Crippen molar-refractivity contribution in [3.05, 3.63) is 69.7 Å². The Morgan fingerprint density at radius 1 is 1.10 bits per heavy atom. The molecule has 0 spiro atoms. The number of anilines is 1. The first-order valence-electron chi connectivity index (χ1n) is 8.50. The van der Waals surface area contributed by atoms with E-state index in [0.717, 1.165) is 17.1 Å². The standard InChI is InChI=1S/C19H17Cl2FN4OS2/c1-26-17(10-28-9-12-2-4-15(22)5-3-12)24-25-19(26)29-11-18(27)23-16-7-13(20)6-14(21)8-16/h2-8H,9-11H2,1H3,(H,23,27). The normalized spacial score (nSPS) is 10.9. The Balaban J connectivity index is 1.48. The molecule has 1 heterocycles. The number of rotatable bonds is 8. The van der Waals surface area contributed by atoms with E-state index in [2.05, 4.69) is 15.5 Å². The van der Waals surface area contributed by atoms with Gasteiger partial charge in [0, 0.05) is 28.5 Å². The minimum Gasteiger partial charge on any atom is -0.325 e. The average molecular weight is 471 g/mol. The van der Waals surface area contributed by atoms with Crippen LogP contribution in [0.4, 0.5) is 10.1 Å². The molecule has 0 fully saturated rings. The number of halogens is 3. The summed E-state index contributed by atoms with van der Waals surface area (Å²) in [5.41, 5.74) is 1.59. The Kier molecular flexibility index (Phi) is 7.83. The zero-order valence-corrected chi connectivity index (χ0v) is 18.5. The van der Waals surface area contributed by atoms with Gasteiger partial charge in [-0.05, 0) is 35.9 Å². The molecular formula is C19H17Cl2FN4OS2. The first-order chi connectivity index (χ1) is 13.9. The van der Waals surface area contributed by atoms with Crippen LogP contribution >= 0.6 is 46.7 Å². The van der Waals surface area contributed by atoms with Crippen LogP contribution in [-0.4, -0.2) is 26.4 Å². The quantitative estimate of drug-likeness (QED) is 0.445. The van der Waals surface area contributed by atoms with Crippen molar-refractivity contribution in [3.8, 4) is 0 Å². The summed E-state index contributed by atoms with van der Waals surface area (Å²) in [6, 6.07) is 11.3. The van der Waals surface area contributed by atoms with Crippen molar-refractivity contribution in [1.82, 2.24) is 14.8 Å². The number of aromatic nitrogens is 3. The second kappa shape index (κ2) is 10.3. The molecule has 0 radical (unpaired) electrons. The number of amides is 1. The van der Waals surface area contributed by atoms with E-state index in [1.807, 2.05) is 11.6 Å². The molecular weight excluding hydrogens is 454 g/mol. The Hall–Kier alpha value is -1.74. The molecule has 0 atom stereocenters. The van der Waals surface area contributed by atoms with E-state index in [-0.39, 0.29) is 17.5 Å². The van der Waals surface area contributed by atoms with Gasteiger partial charge < -0.3 is 9.88 Å². The maximum atomic E-state index is 12.9. The Bertz CT molecular complexity index is 978. The molecule has 3 aromatic rings. The molecule has 2 aromatic carbocycles. The zero-order valence-electron chi connectivity index (χ0n) is 15.4. The van der Waals surface area contributed by atoms with Crippen molar-refractivity contribution in [2.75, 3.05) is 11.1 Å². The molecule has 1 aromatic heterocycles. The van der Waals surface area contributed by atoms with Crippen LogP contribution < -0.4 is 5.32 Å². The van der Waals surface area contributed by atoms with E-state index in [1.54, 1.807) is 42.1 Å². The number of thioether (sulfide) groups is 2. The van der Waals surface area contributed by atoms with Gasteiger partial charge >= 0.3 is 0 Å². The maximum absolute atomic E-state index is 12.9. The number of hydrogen-bond donors (Lipinski definition) is 1. The number of carbonyl (C=O) groups excluding carboxylic acids is 1. The van der Waals surface area contributed by atoms with Crippen LogP contribution in [0, 0.1) is 5.82 Å². The fourth-order valence-corrected chi connectivity index (χ4v) is 4.61. The highest BCUT2D eigenvalue weighted by molar-refractivity contribution is 7.99. The molecule has 0 aliphatic carbocycles. The second-order valence-electron chi connectivity index (χ2n) is 6.07. The summed E-state index contributed by atoms with van der Waals surface area (Å²) in [4.78, 5) is 12.2. The summed E-state index contributed by atoms with van der Waals surface area (Å²) in [7, 11) is 1.87. The van der Waals surface area contributed by atoms with Gasteiger partial charge in [-0.3, -0.25) is 4.79 Å². The third-order valence-corrected chi connectivity index (χ3v) is 6.27. The molecule has 3 rings (SSSR count). The smallest absolute Gasteiger partial charge is 0.234 e. The Labute approximate surface area is 186 Å². The van der Waals surface area contributed by atoms with Crippen molar-refractivity contribution in [2.45, 2.75) is 16.7 Å². The first kappa shape index (κ1) is 22.0. The van der Waals surface area contributed by atoms with Crippen molar-refractivity contribution < 1.29 is 9.18 Å². The Morgan fingerprint density at radius 3 is 2.48 bits per heavy atom. The van der Waals surface area contributed by atoms with Crippen LogP contribution in [0.25, 0.3) is 0 Å². The van der Waals surface area contributed by atoms with Crippen LogP contribution in [0.5, 0.6) is 0 Å². The molecule has 0 saturated heterocycles. The molecule has 10 heteroatoms. The summed E-state index contributed by atoms with van der Waals surface area (Å²) in [5.74, 6) is 1.97. The van der Waals surface area contributed by atoms with Crippen molar-refractivity contribution in [1.29, 1.82) is 0 Å². The van der Waals surface area contributed by atoms with Crippen LogP contribution in [0.15, 0.2) is 47.6 Å². The van der Waals surface area contributed by atoms with E-state index < -0.39 is 0 Å². The molecule has 152 valence electrons. The first-order valence-corrected chi connectivity index (χ1v) is 11.4. The Morgan fingerprint density at radius 2 is 1.79 bits per heavy atom. The van der Waals surface area contributed by atoms with Crippen LogP contribution in [-0.2, 0) is 23.3 Å². The lowest BCUT2D eigenvalue weighted by atomic mass is 10.2. The summed E-state index contributed by atoms with van der Waals surface area (Å²) >= 11 is 14.8. The topological polar surface area (TPSA) is 59.8 Å². The van der Waals surface area contributed by atoms with Gasteiger partial charge in [-0.2, -0.15) is 0 Å². The molecule has 29 heavy (non-hydrogen) atoms. The minimum absolute atomic E-state index is 0.179. The molecule has 0 aliphatic rings. The third-order valence-electron chi connectivity index (χ3n) is 3.82. The summed E-state index contributed by atoms with van der Waals surface area (Å²) in [6.45, 7) is 0. The van der Waals surface area contributed by atoms with Gasteiger partial charge in [-0.15, -0.1) is 22.0 Å². The molecule has 0 aliphatic heterocycles. The summed E-state index contributed by atoms with van der Waals surface area (Å²) in [6.07, 6.45) is 0. The molecule has 1 amide bonds. The van der Waals surface area contributed by atoms with Crippen LogP contribution in [0.3, 0.4) is 0 Å². The molecule has 0 unspecified atom stereocenters. The van der Waals surface area contributed by atoms with Gasteiger partial charge in [0.25, 0.3) is 0 Å². The SMILES string of the molecule is Cn1c(CSCc2ccc(F)cc2)nnc1SCC(=O)Nc1cc(Cl)cc(Cl)c1. The number of hydrogen-bond acceptors (Lipinski definition) is 5. The number of carbonyl (C=O) groups is 1. The zero-order chi connectivity index (χ0) is 20.8. The van der Waals surface area contributed by atoms with Gasteiger partial charge in [0.05, 0.1) is 11.5 Å². The average Bonchev–Trinajstić information content (AvgIpc) is 3.01. The van der Waals surface area contributed by atoms with Gasteiger partial charge in [0.2, 0.25) is 5.91 Å². The molecule has 0 bridgehead atoms.